The van der Waals surface area contributed by atoms with Crippen molar-refractivity contribution in [1.82, 2.24) is 0 Å². The van der Waals surface area contributed by atoms with Gasteiger partial charge < -0.3 is 5.11 Å². The Morgan fingerprint density at radius 1 is 1.50 bits per heavy atom. The largest absolute Gasteiger partial charge is 0.392 e. The molecule has 12 heavy (non-hydrogen) atoms. The maximum atomic E-state index is 8.57. The zero-order chi connectivity index (χ0) is 8.97. The third-order valence-corrected chi connectivity index (χ3v) is 1.88. The highest BCUT2D eigenvalue weighted by Gasteiger charge is 1.94. The Morgan fingerprint density at radius 3 is 2.92 bits per heavy atom. The Morgan fingerprint density at radius 2 is 2.25 bits per heavy atom. The fraction of sp³-hybridized carbons (Fsp3) is 0.200. The van der Waals surface area contributed by atoms with Gasteiger partial charge in [0.1, 0.15) is 0 Å². The first-order valence-corrected chi connectivity index (χ1v) is 4.15. The predicted octanol–water partition coefficient (Wildman–Crippen LogP) is 2.65. The molecule has 0 aliphatic rings. The molecule has 0 saturated heterocycles. The van der Waals surface area contributed by atoms with Crippen molar-refractivity contribution in [3.8, 4) is 0 Å². The number of benzene rings is 1. The topological polar surface area (TPSA) is 20.2 Å². The molecular formula is C10H11ClO. The van der Waals surface area contributed by atoms with Crippen LogP contribution in [0.5, 0.6) is 0 Å². The van der Waals surface area contributed by atoms with Gasteiger partial charge in [-0.25, -0.2) is 0 Å². The summed E-state index contributed by atoms with van der Waals surface area (Å²) in [4.78, 5) is 0. The van der Waals surface area contributed by atoms with Crippen molar-refractivity contribution in [3.63, 3.8) is 0 Å². The smallest absolute Gasteiger partial charge is 0.0615 e. The summed E-state index contributed by atoms with van der Waals surface area (Å²) < 4.78 is 0. The van der Waals surface area contributed by atoms with E-state index in [1.54, 1.807) is 6.08 Å². The lowest BCUT2D eigenvalue weighted by Gasteiger charge is -1.99. The van der Waals surface area contributed by atoms with Gasteiger partial charge in [-0.15, -0.1) is 0 Å². The molecule has 0 aliphatic heterocycles. The maximum Gasteiger partial charge on any atom is 0.0615 e. The van der Waals surface area contributed by atoms with Crippen LogP contribution < -0.4 is 0 Å². The van der Waals surface area contributed by atoms with Crippen LogP contribution in [-0.2, 0) is 0 Å². The van der Waals surface area contributed by atoms with Crippen LogP contribution in [-0.4, -0.2) is 11.7 Å². The van der Waals surface area contributed by atoms with Crippen molar-refractivity contribution in [3.05, 3.63) is 40.4 Å². The zero-order valence-electron chi connectivity index (χ0n) is 6.92. The molecule has 0 heterocycles. The van der Waals surface area contributed by atoms with Gasteiger partial charge in [0.05, 0.1) is 6.61 Å². The fourth-order valence-corrected chi connectivity index (χ4v) is 1.15. The first-order chi connectivity index (χ1) is 5.74. The van der Waals surface area contributed by atoms with E-state index in [9.17, 15) is 0 Å². The molecule has 1 aromatic carbocycles. The van der Waals surface area contributed by atoms with Crippen molar-refractivity contribution in [2.45, 2.75) is 6.92 Å². The van der Waals surface area contributed by atoms with Crippen molar-refractivity contribution in [2.75, 3.05) is 6.61 Å². The summed E-state index contributed by atoms with van der Waals surface area (Å²) >= 11 is 5.80. The van der Waals surface area contributed by atoms with Crippen molar-refractivity contribution in [1.29, 1.82) is 0 Å². The van der Waals surface area contributed by atoms with Crippen LogP contribution in [0.1, 0.15) is 11.1 Å². The second-order valence-corrected chi connectivity index (χ2v) is 3.02. The van der Waals surface area contributed by atoms with Crippen molar-refractivity contribution >= 4 is 17.7 Å². The molecule has 0 fully saturated rings. The quantitative estimate of drug-likeness (QED) is 0.746. The highest BCUT2D eigenvalue weighted by Crippen LogP contribution is 2.16. The van der Waals surface area contributed by atoms with E-state index in [4.69, 9.17) is 16.7 Å². The lowest BCUT2D eigenvalue weighted by atomic mass is 10.1. The molecule has 0 unspecified atom stereocenters. The third-order valence-electron chi connectivity index (χ3n) is 1.64. The molecule has 0 aliphatic carbocycles. The number of hydrogen-bond donors (Lipinski definition) is 1. The molecule has 0 atom stereocenters. The molecule has 1 rings (SSSR count). The van der Waals surface area contributed by atoms with E-state index in [2.05, 4.69) is 0 Å². The number of halogens is 1. The number of rotatable bonds is 2. The normalized spacial score (nSPS) is 10.9. The van der Waals surface area contributed by atoms with E-state index in [-0.39, 0.29) is 6.61 Å². The van der Waals surface area contributed by atoms with E-state index < -0.39 is 0 Å². The minimum absolute atomic E-state index is 0.0615. The molecule has 64 valence electrons. The molecule has 0 amide bonds. The number of aliphatic hydroxyl groups excluding tert-OH is 1. The molecule has 2 heteroatoms. The first-order valence-electron chi connectivity index (χ1n) is 3.77. The Bertz CT molecular complexity index is 292. The SMILES string of the molecule is Cc1ccc(Cl)cc1/C=C/CO. The number of aliphatic hydroxyl groups is 1. The second-order valence-electron chi connectivity index (χ2n) is 2.59. The molecule has 0 aromatic heterocycles. The summed E-state index contributed by atoms with van der Waals surface area (Å²) in [7, 11) is 0. The van der Waals surface area contributed by atoms with E-state index >= 15 is 0 Å². The molecule has 1 aromatic rings. The number of hydrogen-bond acceptors (Lipinski definition) is 1. The Kier molecular flexibility index (Phi) is 3.32. The third kappa shape index (κ3) is 2.36. The van der Waals surface area contributed by atoms with E-state index in [0.29, 0.717) is 0 Å². The molecule has 1 nitrogen and oxygen atoms in total. The minimum atomic E-state index is 0.0615. The van der Waals surface area contributed by atoms with Crippen molar-refractivity contribution in [2.24, 2.45) is 0 Å². The standard InChI is InChI=1S/C10H11ClO/c1-8-4-5-10(11)7-9(8)3-2-6-12/h2-5,7,12H,6H2,1H3/b3-2+. The van der Waals surface area contributed by atoms with Crippen molar-refractivity contribution < 1.29 is 5.11 Å². The summed E-state index contributed by atoms with van der Waals surface area (Å²) in [6.45, 7) is 2.07. The average molecular weight is 183 g/mol. The molecule has 0 bridgehead atoms. The molecule has 0 saturated carbocycles. The Hall–Kier alpha value is -0.790. The van der Waals surface area contributed by atoms with E-state index in [1.807, 2.05) is 31.2 Å². The fourth-order valence-electron chi connectivity index (χ4n) is 0.971. The van der Waals surface area contributed by atoms with Gasteiger partial charge in [0.2, 0.25) is 0 Å². The maximum absolute atomic E-state index is 8.57. The van der Waals surface area contributed by atoms with Crippen LogP contribution in [0.2, 0.25) is 5.02 Å². The van der Waals surface area contributed by atoms with Crippen LogP contribution in [0.4, 0.5) is 0 Å². The van der Waals surface area contributed by atoms with Crippen LogP contribution in [0.15, 0.2) is 24.3 Å². The Balaban J connectivity index is 2.97. The van der Waals surface area contributed by atoms with E-state index in [0.717, 1.165) is 16.1 Å². The van der Waals surface area contributed by atoms with Gasteiger partial charge in [-0.3, -0.25) is 0 Å². The first kappa shape index (κ1) is 9.30. The van der Waals surface area contributed by atoms with Gasteiger partial charge in [0.15, 0.2) is 0 Å². The highest BCUT2D eigenvalue weighted by atomic mass is 35.5. The summed E-state index contributed by atoms with van der Waals surface area (Å²) in [5.41, 5.74) is 2.21. The van der Waals surface area contributed by atoms with Crippen LogP contribution in [0.25, 0.3) is 6.08 Å². The Labute approximate surface area is 77.3 Å². The van der Waals surface area contributed by atoms with Gasteiger partial charge in [-0.2, -0.15) is 0 Å². The van der Waals surface area contributed by atoms with Crippen LogP contribution in [0.3, 0.4) is 0 Å². The minimum Gasteiger partial charge on any atom is -0.392 e. The van der Waals surface area contributed by atoms with E-state index in [1.165, 1.54) is 0 Å². The summed E-state index contributed by atoms with van der Waals surface area (Å²) in [6.07, 6.45) is 3.56. The molecule has 1 N–H and O–H groups in total. The molecular weight excluding hydrogens is 172 g/mol. The highest BCUT2D eigenvalue weighted by molar-refractivity contribution is 6.30. The number of aryl methyl sites for hydroxylation is 1. The van der Waals surface area contributed by atoms with Crippen LogP contribution >= 0.6 is 11.6 Å². The second kappa shape index (κ2) is 4.29. The summed E-state index contributed by atoms with van der Waals surface area (Å²) in [5.74, 6) is 0. The van der Waals surface area contributed by atoms with Crippen LogP contribution in [0, 0.1) is 6.92 Å². The van der Waals surface area contributed by atoms with Gasteiger partial charge in [-0.1, -0.05) is 29.8 Å². The lowest BCUT2D eigenvalue weighted by molar-refractivity contribution is 0.343. The summed E-state index contributed by atoms with van der Waals surface area (Å²) in [5, 5.41) is 9.29. The van der Waals surface area contributed by atoms with Gasteiger partial charge in [0.25, 0.3) is 0 Å². The average Bonchev–Trinajstić information content (AvgIpc) is 2.07. The zero-order valence-corrected chi connectivity index (χ0v) is 7.67. The lowest BCUT2D eigenvalue weighted by Crippen LogP contribution is -1.80. The van der Waals surface area contributed by atoms with Gasteiger partial charge >= 0.3 is 0 Å². The van der Waals surface area contributed by atoms with Gasteiger partial charge in [-0.05, 0) is 30.2 Å². The monoisotopic (exact) mass is 182 g/mol. The molecule has 0 radical (unpaired) electrons. The molecule has 0 spiro atoms. The van der Waals surface area contributed by atoms with Gasteiger partial charge in [0, 0.05) is 5.02 Å². The summed E-state index contributed by atoms with van der Waals surface area (Å²) in [6, 6.07) is 5.69. The predicted molar refractivity (Wildman–Crippen MR) is 52.3 cm³/mol.